The Morgan fingerprint density at radius 1 is 1.62 bits per heavy atom. The molecule has 0 fully saturated rings. The highest BCUT2D eigenvalue weighted by molar-refractivity contribution is 5.39. The second-order valence-electron chi connectivity index (χ2n) is 4.15. The van der Waals surface area contributed by atoms with E-state index in [0.29, 0.717) is 18.5 Å². The van der Waals surface area contributed by atoms with E-state index in [9.17, 15) is 0 Å². The van der Waals surface area contributed by atoms with E-state index in [2.05, 4.69) is 30.8 Å². The van der Waals surface area contributed by atoms with Gasteiger partial charge in [0.2, 0.25) is 0 Å². The molecule has 1 aromatic rings. The molecule has 0 aliphatic rings. The van der Waals surface area contributed by atoms with E-state index in [4.69, 9.17) is 5.11 Å². The highest BCUT2D eigenvalue weighted by Crippen LogP contribution is 2.14. The van der Waals surface area contributed by atoms with Gasteiger partial charge >= 0.3 is 0 Å². The Hall–Kier alpha value is -1.29. The average Bonchev–Trinajstić information content (AvgIpc) is 2.66. The minimum atomic E-state index is 0.115. The van der Waals surface area contributed by atoms with Crippen molar-refractivity contribution in [2.45, 2.75) is 32.9 Å². The molecule has 0 spiro atoms. The molecule has 1 heterocycles. The monoisotopic (exact) mass is 223 g/mol. The summed E-state index contributed by atoms with van der Waals surface area (Å²) in [5.41, 5.74) is 0.997. The molecule has 0 aromatic carbocycles. The standard InChI is InChI=1S/C12H21N3O/c1-4-5-10(2)11(3)14-12-8-13-15(9-12)6-7-16/h4,8-11,14,16H,1,5-7H2,2-3H3. The van der Waals surface area contributed by atoms with Crippen LogP contribution in [0.4, 0.5) is 5.69 Å². The molecule has 90 valence electrons. The van der Waals surface area contributed by atoms with Crippen LogP contribution in [0.5, 0.6) is 0 Å². The third-order valence-electron chi connectivity index (χ3n) is 2.75. The van der Waals surface area contributed by atoms with Gasteiger partial charge in [-0.15, -0.1) is 6.58 Å². The number of aliphatic hydroxyl groups excluding tert-OH is 1. The Morgan fingerprint density at radius 3 is 3.00 bits per heavy atom. The molecule has 0 aliphatic carbocycles. The van der Waals surface area contributed by atoms with Gasteiger partial charge in [0.05, 0.1) is 25.0 Å². The van der Waals surface area contributed by atoms with Crippen LogP contribution in [0.1, 0.15) is 20.3 Å². The Bertz CT molecular complexity index is 322. The molecule has 0 aliphatic heterocycles. The molecule has 0 saturated heterocycles. The zero-order chi connectivity index (χ0) is 12.0. The topological polar surface area (TPSA) is 50.1 Å². The van der Waals surface area contributed by atoms with E-state index in [-0.39, 0.29) is 6.61 Å². The Labute approximate surface area is 97.0 Å². The van der Waals surface area contributed by atoms with Gasteiger partial charge in [0.15, 0.2) is 0 Å². The normalized spacial score (nSPS) is 14.4. The quantitative estimate of drug-likeness (QED) is 0.694. The highest BCUT2D eigenvalue weighted by Gasteiger charge is 2.10. The van der Waals surface area contributed by atoms with Crippen LogP contribution in [0.15, 0.2) is 25.0 Å². The lowest BCUT2D eigenvalue weighted by Gasteiger charge is -2.19. The van der Waals surface area contributed by atoms with Gasteiger partial charge in [0, 0.05) is 12.2 Å². The fourth-order valence-corrected chi connectivity index (χ4v) is 1.54. The maximum absolute atomic E-state index is 8.78. The molecule has 4 heteroatoms. The van der Waals surface area contributed by atoms with Gasteiger partial charge in [-0.2, -0.15) is 5.10 Å². The van der Waals surface area contributed by atoms with Crippen molar-refractivity contribution in [2.24, 2.45) is 5.92 Å². The van der Waals surface area contributed by atoms with Crippen LogP contribution in [0, 0.1) is 5.92 Å². The predicted molar refractivity (Wildman–Crippen MR) is 66.4 cm³/mol. The zero-order valence-corrected chi connectivity index (χ0v) is 10.1. The Morgan fingerprint density at radius 2 is 2.38 bits per heavy atom. The maximum Gasteiger partial charge on any atom is 0.0728 e. The van der Waals surface area contributed by atoms with Crippen molar-refractivity contribution in [3.63, 3.8) is 0 Å². The number of hydrogen-bond donors (Lipinski definition) is 2. The predicted octanol–water partition coefficient (Wildman–Crippen LogP) is 1.89. The molecule has 0 amide bonds. The molecule has 1 rings (SSSR count). The summed E-state index contributed by atoms with van der Waals surface area (Å²) in [5.74, 6) is 0.540. The molecule has 1 aromatic heterocycles. The van der Waals surface area contributed by atoms with Crippen molar-refractivity contribution >= 4 is 5.69 Å². The van der Waals surface area contributed by atoms with Crippen LogP contribution in [0.2, 0.25) is 0 Å². The minimum absolute atomic E-state index is 0.115. The van der Waals surface area contributed by atoms with Gasteiger partial charge in [0.1, 0.15) is 0 Å². The summed E-state index contributed by atoms with van der Waals surface area (Å²) in [6, 6.07) is 0.379. The van der Waals surface area contributed by atoms with Crippen molar-refractivity contribution in [1.82, 2.24) is 9.78 Å². The lowest BCUT2D eigenvalue weighted by Crippen LogP contribution is -2.23. The molecule has 16 heavy (non-hydrogen) atoms. The van der Waals surface area contributed by atoms with Gasteiger partial charge in [-0.05, 0) is 19.3 Å². The number of anilines is 1. The molecule has 4 nitrogen and oxygen atoms in total. The number of nitrogens with one attached hydrogen (secondary N) is 1. The summed E-state index contributed by atoms with van der Waals surface area (Å²) in [5, 5.41) is 16.3. The first-order valence-corrected chi connectivity index (χ1v) is 5.68. The molecule has 2 atom stereocenters. The van der Waals surface area contributed by atoms with Crippen molar-refractivity contribution in [3.05, 3.63) is 25.0 Å². The van der Waals surface area contributed by atoms with Crippen molar-refractivity contribution in [2.75, 3.05) is 11.9 Å². The molecule has 0 saturated carbocycles. The van der Waals surface area contributed by atoms with Gasteiger partial charge in [-0.25, -0.2) is 0 Å². The third kappa shape index (κ3) is 3.70. The Kier molecular flexibility index (Phi) is 5.05. The summed E-state index contributed by atoms with van der Waals surface area (Å²) < 4.78 is 1.73. The zero-order valence-electron chi connectivity index (χ0n) is 10.1. The van der Waals surface area contributed by atoms with E-state index < -0.39 is 0 Å². The Balaban J connectivity index is 2.48. The van der Waals surface area contributed by atoms with Gasteiger partial charge in [0.25, 0.3) is 0 Å². The van der Waals surface area contributed by atoms with Gasteiger partial charge in [-0.1, -0.05) is 13.0 Å². The molecule has 0 radical (unpaired) electrons. The molecular formula is C12H21N3O. The SMILES string of the molecule is C=CCC(C)C(C)Nc1cnn(CCO)c1. The third-order valence-corrected chi connectivity index (χ3v) is 2.75. The van der Waals surface area contributed by atoms with E-state index in [0.717, 1.165) is 12.1 Å². The summed E-state index contributed by atoms with van der Waals surface area (Å²) in [6.07, 6.45) is 6.64. The second-order valence-corrected chi connectivity index (χ2v) is 4.15. The summed E-state index contributed by atoms with van der Waals surface area (Å²) in [6.45, 7) is 8.74. The second kappa shape index (κ2) is 6.33. The molecular weight excluding hydrogens is 202 g/mol. The lowest BCUT2D eigenvalue weighted by atomic mass is 10.00. The summed E-state index contributed by atoms with van der Waals surface area (Å²) in [4.78, 5) is 0. The molecule has 0 bridgehead atoms. The fraction of sp³-hybridized carbons (Fsp3) is 0.583. The lowest BCUT2D eigenvalue weighted by molar-refractivity contribution is 0.269. The maximum atomic E-state index is 8.78. The van der Waals surface area contributed by atoms with Crippen molar-refractivity contribution < 1.29 is 5.11 Å². The first-order valence-electron chi connectivity index (χ1n) is 5.68. The van der Waals surface area contributed by atoms with E-state index in [1.807, 2.05) is 12.3 Å². The minimum Gasteiger partial charge on any atom is -0.394 e. The number of rotatable bonds is 7. The molecule has 2 N–H and O–H groups in total. The van der Waals surface area contributed by atoms with E-state index in [1.54, 1.807) is 10.9 Å². The number of nitrogens with zero attached hydrogens (tertiary/aromatic N) is 2. The van der Waals surface area contributed by atoms with Crippen LogP contribution >= 0.6 is 0 Å². The number of allylic oxidation sites excluding steroid dienone is 1. The van der Waals surface area contributed by atoms with Crippen LogP contribution in [0.3, 0.4) is 0 Å². The van der Waals surface area contributed by atoms with E-state index in [1.165, 1.54) is 0 Å². The summed E-state index contributed by atoms with van der Waals surface area (Å²) >= 11 is 0. The first kappa shape index (κ1) is 12.8. The average molecular weight is 223 g/mol. The number of aromatic nitrogens is 2. The van der Waals surface area contributed by atoms with Crippen LogP contribution in [0.25, 0.3) is 0 Å². The van der Waals surface area contributed by atoms with Gasteiger partial charge < -0.3 is 10.4 Å². The number of aliphatic hydroxyl groups is 1. The largest absolute Gasteiger partial charge is 0.394 e. The fourth-order valence-electron chi connectivity index (χ4n) is 1.54. The van der Waals surface area contributed by atoms with Crippen molar-refractivity contribution in [1.29, 1.82) is 0 Å². The van der Waals surface area contributed by atoms with Crippen molar-refractivity contribution in [3.8, 4) is 0 Å². The van der Waals surface area contributed by atoms with Gasteiger partial charge in [-0.3, -0.25) is 4.68 Å². The smallest absolute Gasteiger partial charge is 0.0728 e. The van der Waals surface area contributed by atoms with Crippen LogP contribution in [-0.2, 0) is 6.54 Å². The van der Waals surface area contributed by atoms with Crippen LogP contribution < -0.4 is 5.32 Å². The highest BCUT2D eigenvalue weighted by atomic mass is 16.3. The van der Waals surface area contributed by atoms with E-state index >= 15 is 0 Å². The van der Waals surface area contributed by atoms with Crippen LogP contribution in [-0.4, -0.2) is 27.5 Å². The summed E-state index contributed by atoms with van der Waals surface area (Å²) in [7, 11) is 0. The number of hydrogen-bond acceptors (Lipinski definition) is 3. The molecule has 2 unspecified atom stereocenters. The first-order chi connectivity index (χ1) is 7.67.